The van der Waals surface area contributed by atoms with E-state index in [9.17, 15) is 0 Å². The largest absolute Gasteiger partial charge is 0.252 e. The molecule has 0 atom stereocenters. The second-order valence-electron chi connectivity index (χ2n) is 6.89. The molecule has 0 fully saturated rings. The lowest BCUT2D eigenvalue weighted by Crippen LogP contribution is -2.08. The molecular weight excluding hydrogens is 330 g/mol. The average molecular weight is 355 g/mol. The van der Waals surface area contributed by atoms with Gasteiger partial charge in [-0.05, 0) is 61.7 Å². The molecule has 0 unspecified atom stereocenters. The molecule has 0 saturated heterocycles. The maximum Gasteiger partial charge on any atom is 0.0852 e. The standard InChI is InChI=1S/C24H25N3/c1-17(2)20-15-23(18(3)25-21-11-7-5-8-12-21)27-24(16-20)19(4)26-22-13-9-6-10-14-22/h5-17H,1-4H3. The van der Waals surface area contributed by atoms with Crippen LogP contribution >= 0.6 is 0 Å². The fourth-order valence-corrected chi connectivity index (χ4v) is 2.76. The highest BCUT2D eigenvalue weighted by molar-refractivity contribution is 6.02. The minimum absolute atomic E-state index is 0.402. The van der Waals surface area contributed by atoms with Crippen molar-refractivity contribution >= 4 is 22.8 Å². The number of benzene rings is 2. The lowest BCUT2D eigenvalue weighted by atomic mass is 10.0. The van der Waals surface area contributed by atoms with Gasteiger partial charge >= 0.3 is 0 Å². The smallest absolute Gasteiger partial charge is 0.0852 e. The number of hydrogen-bond donors (Lipinski definition) is 0. The third-order valence-electron chi connectivity index (χ3n) is 4.36. The fraction of sp³-hybridized carbons (Fsp3) is 0.208. The average Bonchev–Trinajstić information content (AvgIpc) is 2.69. The van der Waals surface area contributed by atoms with Crippen molar-refractivity contribution < 1.29 is 0 Å². The predicted molar refractivity (Wildman–Crippen MR) is 115 cm³/mol. The van der Waals surface area contributed by atoms with Crippen LogP contribution in [0.5, 0.6) is 0 Å². The van der Waals surface area contributed by atoms with E-state index in [1.165, 1.54) is 5.56 Å². The topological polar surface area (TPSA) is 37.6 Å². The molecule has 0 aliphatic carbocycles. The summed E-state index contributed by atoms with van der Waals surface area (Å²) in [5.74, 6) is 0.402. The summed E-state index contributed by atoms with van der Waals surface area (Å²) in [6.07, 6.45) is 0. The summed E-state index contributed by atoms with van der Waals surface area (Å²) in [5, 5.41) is 0. The molecule has 0 radical (unpaired) electrons. The van der Waals surface area contributed by atoms with Crippen LogP contribution < -0.4 is 0 Å². The number of aromatic nitrogens is 1. The van der Waals surface area contributed by atoms with Crippen LogP contribution in [0.3, 0.4) is 0 Å². The molecule has 0 amide bonds. The fourth-order valence-electron chi connectivity index (χ4n) is 2.76. The molecule has 0 saturated carbocycles. The van der Waals surface area contributed by atoms with Crippen molar-refractivity contribution in [2.45, 2.75) is 33.6 Å². The van der Waals surface area contributed by atoms with Crippen molar-refractivity contribution in [2.24, 2.45) is 9.98 Å². The van der Waals surface area contributed by atoms with E-state index in [1.807, 2.05) is 74.5 Å². The van der Waals surface area contributed by atoms with E-state index >= 15 is 0 Å². The summed E-state index contributed by atoms with van der Waals surface area (Å²) in [5.41, 5.74) is 6.69. The molecule has 136 valence electrons. The Bertz CT molecular complexity index is 882. The van der Waals surface area contributed by atoms with E-state index in [0.29, 0.717) is 5.92 Å². The Morgan fingerprint density at radius 3 is 1.48 bits per heavy atom. The SMILES string of the molecule is CC(=Nc1ccccc1)c1cc(C(C)C)cc(C(C)=Nc2ccccc2)n1. The van der Waals surface area contributed by atoms with Crippen LogP contribution in [0.15, 0.2) is 82.8 Å². The Hall–Kier alpha value is -3.07. The highest BCUT2D eigenvalue weighted by Crippen LogP contribution is 2.20. The van der Waals surface area contributed by atoms with Gasteiger partial charge in [0, 0.05) is 0 Å². The van der Waals surface area contributed by atoms with E-state index in [4.69, 9.17) is 15.0 Å². The van der Waals surface area contributed by atoms with Gasteiger partial charge < -0.3 is 0 Å². The molecule has 3 nitrogen and oxygen atoms in total. The van der Waals surface area contributed by atoms with Crippen LogP contribution in [0.4, 0.5) is 11.4 Å². The number of para-hydroxylation sites is 2. The van der Waals surface area contributed by atoms with Crippen molar-refractivity contribution in [3.05, 3.63) is 89.7 Å². The lowest BCUT2D eigenvalue weighted by molar-refractivity contribution is 0.861. The summed E-state index contributed by atoms with van der Waals surface area (Å²) < 4.78 is 0. The molecule has 0 aliphatic rings. The van der Waals surface area contributed by atoms with Crippen molar-refractivity contribution in [3.63, 3.8) is 0 Å². The first-order valence-electron chi connectivity index (χ1n) is 9.26. The van der Waals surface area contributed by atoms with Crippen LogP contribution in [-0.2, 0) is 0 Å². The van der Waals surface area contributed by atoms with Crippen LogP contribution in [-0.4, -0.2) is 16.4 Å². The number of pyridine rings is 1. The molecule has 3 rings (SSSR count). The Morgan fingerprint density at radius 2 is 1.11 bits per heavy atom. The van der Waals surface area contributed by atoms with Crippen LogP contribution in [0, 0.1) is 0 Å². The number of nitrogens with zero attached hydrogens (tertiary/aromatic N) is 3. The minimum atomic E-state index is 0.402. The number of hydrogen-bond acceptors (Lipinski definition) is 3. The summed E-state index contributed by atoms with van der Waals surface area (Å²) in [7, 11) is 0. The zero-order valence-corrected chi connectivity index (χ0v) is 16.3. The molecule has 0 N–H and O–H groups in total. The highest BCUT2D eigenvalue weighted by atomic mass is 14.8. The number of aliphatic imine (C=N–C) groups is 2. The summed E-state index contributed by atoms with van der Waals surface area (Å²) in [4.78, 5) is 14.3. The summed E-state index contributed by atoms with van der Waals surface area (Å²) in [6, 6.07) is 24.2. The molecule has 2 aromatic carbocycles. The van der Waals surface area contributed by atoms with Gasteiger partial charge in [0.25, 0.3) is 0 Å². The molecule has 0 bridgehead atoms. The van der Waals surface area contributed by atoms with Gasteiger partial charge in [-0.2, -0.15) is 0 Å². The third kappa shape index (κ3) is 4.98. The Morgan fingerprint density at radius 1 is 0.704 bits per heavy atom. The van der Waals surface area contributed by atoms with Gasteiger partial charge in [-0.25, -0.2) is 4.98 Å². The van der Waals surface area contributed by atoms with Gasteiger partial charge in [0.1, 0.15) is 0 Å². The van der Waals surface area contributed by atoms with E-state index in [0.717, 1.165) is 34.2 Å². The van der Waals surface area contributed by atoms with Crippen molar-refractivity contribution in [3.8, 4) is 0 Å². The molecule has 1 aromatic heterocycles. The van der Waals surface area contributed by atoms with Crippen LogP contribution in [0.2, 0.25) is 0 Å². The highest BCUT2D eigenvalue weighted by Gasteiger charge is 2.10. The van der Waals surface area contributed by atoms with Gasteiger partial charge in [0.05, 0.1) is 34.2 Å². The van der Waals surface area contributed by atoms with E-state index in [-0.39, 0.29) is 0 Å². The monoisotopic (exact) mass is 355 g/mol. The van der Waals surface area contributed by atoms with E-state index in [2.05, 4.69) is 26.0 Å². The zero-order chi connectivity index (χ0) is 19.2. The lowest BCUT2D eigenvalue weighted by Gasteiger charge is -2.12. The second-order valence-corrected chi connectivity index (χ2v) is 6.89. The summed E-state index contributed by atoms with van der Waals surface area (Å²) in [6.45, 7) is 8.40. The molecule has 0 aliphatic heterocycles. The molecule has 1 heterocycles. The van der Waals surface area contributed by atoms with Gasteiger partial charge in [-0.1, -0.05) is 50.2 Å². The van der Waals surface area contributed by atoms with E-state index < -0.39 is 0 Å². The quantitative estimate of drug-likeness (QED) is 0.482. The normalized spacial score (nSPS) is 12.5. The molecule has 0 spiro atoms. The molecular formula is C24H25N3. The Kier molecular flexibility index (Phi) is 5.92. The van der Waals surface area contributed by atoms with Gasteiger partial charge in [0.15, 0.2) is 0 Å². The third-order valence-corrected chi connectivity index (χ3v) is 4.36. The minimum Gasteiger partial charge on any atom is -0.252 e. The van der Waals surface area contributed by atoms with Crippen molar-refractivity contribution in [2.75, 3.05) is 0 Å². The van der Waals surface area contributed by atoms with E-state index in [1.54, 1.807) is 0 Å². The summed E-state index contributed by atoms with van der Waals surface area (Å²) >= 11 is 0. The van der Waals surface area contributed by atoms with Crippen molar-refractivity contribution in [1.29, 1.82) is 0 Å². The first-order chi connectivity index (χ1) is 13.0. The Balaban J connectivity index is 2.03. The van der Waals surface area contributed by atoms with Gasteiger partial charge in [-0.3, -0.25) is 9.98 Å². The number of rotatable bonds is 5. The van der Waals surface area contributed by atoms with Crippen LogP contribution in [0.25, 0.3) is 0 Å². The van der Waals surface area contributed by atoms with Gasteiger partial charge in [0.2, 0.25) is 0 Å². The Labute approximate surface area is 161 Å². The molecule has 27 heavy (non-hydrogen) atoms. The first-order valence-corrected chi connectivity index (χ1v) is 9.26. The maximum atomic E-state index is 4.85. The molecule has 3 heteroatoms. The van der Waals surface area contributed by atoms with Gasteiger partial charge in [-0.15, -0.1) is 0 Å². The van der Waals surface area contributed by atoms with Crippen molar-refractivity contribution in [1.82, 2.24) is 4.98 Å². The first kappa shape index (κ1) is 18.7. The predicted octanol–water partition coefficient (Wildman–Crippen LogP) is 6.49. The maximum absolute atomic E-state index is 4.85. The molecule has 3 aromatic rings. The van der Waals surface area contributed by atoms with Crippen LogP contribution in [0.1, 0.15) is 50.6 Å². The zero-order valence-electron chi connectivity index (χ0n) is 16.3. The second kappa shape index (κ2) is 8.54.